The molecule has 7 aromatic carbocycles. The van der Waals surface area contributed by atoms with E-state index in [1.807, 2.05) is 30.3 Å². The Morgan fingerprint density at radius 1 is 0.438 bits per heavy atom. The van der Waals surface area contributed by atoms with Crippen molar-refractivity contribution in [3.63, 3.8) is 0 Å². The number of nitrogens with zero attached hydrogens (tertiary/aromatic N) is 3. The average molecular weight is 630 g/mol. The number of benzene rings is 7. The Kier molecular flexibility index (Phi) is 5.23. The second-order valence-corrected chi connectivity index (χ2v) is 13.4. The number of hydrogen-bond donors (Lipinski definition) is 0. The smallest absolute Gasteiger partial charge is 0.164 e. The van der Waals surface area contributed by atoms with E-state index >= 15 is 0 Å². The van der Waals surface area contributed by atoms with Crippen LogP contribution in [-0.4, -0.2) is 15.0 Å². The van der Waals surface area contributed by atoms with E-state index in [4.69, 9.17) is 19.4 Å². The Morgan fingerprint density at radius 2 is 1.10 bits per heavy atom. The lowest BCUT2D eigenvalue weighted by Crippen LogP contribution is -2.01. The molecule has 0 unspecified atom stereocenters. The van der Waals surface area contributed by atoms with Gasteiger partial charge in [0.05, 0.1) is 0 Å². The molecule has 3 aromatic heterocycles. The lowest BCUT2D eigenvalue weighted by atomic mass is 9.95. The first-order valence-electron chi connectivity index (χ1n) is 16.0. The van der Waals surface area contributed by atoms with E-state index < -0.39 is 0 Å². The van der Waals surface area contributed by atoms with Gasteiger partial charge in [-0.3, -0.25) is 0 Å². The molecule has 5 heteroatoms. The molecule has 3 heterocycles. The van der Waals surface area contributed by atoms with E-state index in [0.29, 0.717) is 17.5 Å². The summed E-state index contributed by atoms with van der Waals surface area (Å²) in [6, 6.07) is 48.8. The molecule has 0 bridgehead atoms. The minimum Gasteiger partial charge on any atom is -0.455 e. The van der Waals surface area contributed by atoms with Crippen molar-refractivity contribution < 1.29 is 4.42 Å². The third-order valence-corrected chi connectivity index (χ3v) is 10.8. The standard InChI is InChI=1S/C43H23N3OS/c1-2-11-25(12-3-1)41-44-42(30-19-10-22-35-37(30)28-16-5-7-21-34(28)48-35)46-43(45-41)32-23-31-26-17-8-13-24-14-9-18-29(36(24)26)39(31)40-38(32)27-15-4-6-20-33(27)47-40/h1-23H. The van der Waals surface area contributed by atoms with Gasteiger partial charge in [-0.15, -0.1) is 11.3 Å². The van der Waals surface area contributed by atoms with Gasteiger partial charge in [-0.25, -0.2) is 15.0 Å². The molecular weight excluding hydrogens is 607 g/mol. The van der Waals surface area contributed by atoms with Crippen LogP contribution in [0.3, 0.4) is 0 Å². The summed E-state index contributed by atoms with van der Waals surface area (Å²) in [6.07, 6.45) is 0. The van der Waals surface area contributed by atoms with Crippen LogP contribution < -0.4 is 0 Å². The van der Waals surface area contributed by atoms with Crippen molar-refractivity contribution in [1.29, 1.82) is 0 Å². The predicted molar refractivity (Wildman–Crippen MR) is 198 cm³/mol. The van der Waals surface area contributed by atoms with Gasteiger partial charge in [0.2, 0.25) is 0 Å². The van der Waals surface area contributed by atoms with E-state index in [1.54, 1.807) is 11.3 Å². The fourth-order valence-electron chi connectivity index (χ4n) is 7.62. The highest BCUT2D eigenvalue weighted by Gasteiger charge is 2.29. The molecular formula is C43H23N3OS. The van der Waals surface area contributed by atoms with Gasteiger partial charge in [0, 0.05) is 53.2 Å². The van der Waals surface area contributed by atoms with E-state index in [0.717, 1.165) is 49.8 Å². The fourth-order valence-corrected chi connectivity index (χ4v) is 8.76. The number of thiophene rings is 1. The van der Waals surface area contributed by atoms with Gasteiger partial charge in [-0.1, -0.05) is 115 Å². The van der Waals surface area contributed by atoms with Crippen molar-refractivity contribution in [2.75, 3.05) is 0 Å². The van der Waals surface area contributed by atoms with E-state index in [9.17, 15) is 0 Å². The molecule has 0 atom stereocenters. The summed E-state index contributed by atoms with van der Waals surface area (Å²) >= 11 is 1.80. The van der Waals surface area contributed by atoms with Gasteiger partial charge in [0.25, 0.3) is 0 Å². The van der Waals surface area contributed by atoms with E-state index in [1.165, 1.54) is 42.1 Å². The van der Waals surface area contributed by atoms with Crippen LogP contribution in [0.1, 0.15) is 0 Å². The fraction of sp³-hybridized carbons (Fsp3) is 0. The van der Waals surface area contributed by atoms with Gasteiger partial charge in [-0.2, -0.15) is 0 Å². The topological polar surface area (TPSA) is 51.8 Å². The number of aromatic nitrogens is 3. The third-order valence-electron chi connectivity index (χ3n) is 9.67. The normalized spacial score (nSPS) is 12.2. The van der Waals surface area contributed by atoms with Crippen molar-refractivity contribution in [3.05, 3.63) is 140 Å². The monoisotopic (exact) mass is 629 g/mol. The summed E-state index contributed by atoms with van der Waals surface area (Å²) in [4.78, 5) is 15.7. The number of hydrogen-bond acceptors (Lipinski definition) is 5. The lowest BCUT2D eigenvalue weighted by Gasteiger charge is -2.12. The van der Waals surface area contributed by atoms with E-state index in [2.05, 4.69) is 109 Å². The second kappa shape index (κ2) is 9.67. The number of furan rings is 1. The first kappa shape index (κ1) is 26.0. The molecule has 0 saturated carbocycles. The highest BCUT2D eigenvalue weighted by Crippen LogP contribution is 2.54. The zero-order chi connectivity index (χ0) is 31.3. The molecule has 0 radical (unpaired) electrons. The van der Waals surface area contributed by atoms with Crippen molar-refractivity contribution in [2.24, 2.45) is 0 Å². The van der Waals surface area contributed by atoms with Crippen LogP contribution in [0.25, 0.3) is 109 Å². The molecule has 10 aromatic rings. The van der Waals surface area contributed by atoms with Crippen LogP contribution in [-0.2, 0) is 0 Å². The molecule has 1 aliphatic rings. The molecule has 0 N–H and O–H groups in total. The van der Waals surface area contributed by atoms with Crippen molar-refractivity contribution in [3.8, 4) is 56.4 Å². The zero-order valence-electron chi connectivity index (χ0n) is 25.4. The summed E-state index contributed by atoms with van der Waals surface area (Å²) in [7, 11) is 0. The Bertz CT molecular complexity index is 2950. The van der Waals surface area contributed by atoms with Crippen molar-refractivity contribution in [1.82, 2.24) is 15.0 Å². The molecule has 0 spiro atoms. The number of fused-ring (bicyclic) bond motifs is 10. The van der Waals surface area contributed by atoms with Gasteiger partial charge in [0.1, 0.15) is 11.2 Å². The van der Waals surface area contributed by atoms with Gasteiger partial charge >= 0.3 is 0 Å². The minimum atomic E-state index is 0.623. The lowest BCUT2D eigenvalue weighted by molar-refractivity contribution is 0.670. The molecule has 48 heavy (non-hydrogen) atoms. The van der Waals surface area contributed by atoms with E-state index in [-0.39, 0.29) is 0 Å². The van der Waals surface area contributed by atoms with Crippen LogP contribution in [0.2, 0.25) is 0 Å². The third kappa shape index (κ3) is 3.56. The quantitative estimate of drug-likeness (QED) is 0.195. The molecule has 0 fully saturated rings. The van der Waals surface area contributed by atoms with Crippen molar-refractivity contribution >= 4 is 64.2 Å². The second-order valence-electron chi connectivity index (χ2n) is 12.3. The van der Waals surface area contributed by atoms with Gasteiger partial charge in [-0.05, 0) is 51.7 Å². The molecule has 1 aliphatic carbocycles. The molecule has 0 saturated heterocycles. The first-order chi connectivity index (χ1) is 23.8. The van der Waals surface area contributed by atoms with Gasteiger partial charge < -0.3 is 4.42 Å². The van der Waals surface area contributed by atoms with Crippen LogP contribution in [0.15, 0.2) is 144 Å². The minimum absolute atomic E-state index is 0.623. The van der Waals surface area contributed by atoms with Crippen LogP contribution in [0, 0.1) is 0 Å². The molecule has 0 aliphatic heterocycles. The first-order valence-corrected chi connectivity index (χ1v) is 16.8. The Hall–Kier alpha value is -6.17. The zero-order valence-corrected chi connectivity index (χ0v) is 26.3. The number of rotatable bonds is 3. The van der Waals surface area contributed by atoms with Gasteiger partial charge in [0.15, 0.2) is 17.5 Å². The summed E-state index contributed by atoms with van der Waals surface area (Å²) in [5, 5.41) is 6.92. The summed E-state index contributed by atoms with van der Waals surface area (Å²) in [6.45, 7) is 0. The largest absolute Gasteiger partial charge is 0.455 e. The Morgan fingerprint density at radius 3 is 1.98 bits per heavy atom. The molecule has 11 rings (SSSR count). The number of para-hydroxylation sites is 1. The average Bonchev–Trinajstić information content (AvgIpc) is 3.82. The van der Waals surface area contributed by atoms with Crippen molar-refractivity contribution in [2.45, 2.75) is 0 Å². The Labute approximate surface area is 278 Å². The predicted octanol–water partition coefficient (Wildman–Crippen LogP) is 11.9. The maximum Gasteiger partial charge on any atom is 0.164 e. The molecule has 4 nitrogen and oxygen atoms in total. The molecule has 0 amide bonds. The highest BCUT2D eigenvalue weighted by molar-refractivity contribution is 7.25. The maximum absolute atomic E-state index is 6.78. The molecule has 222 valence electrons. The summed E-state index contributed by atoms with van der Waals surface area (Å²) < 4.78 is 9.23. The van der Waals surface area contributed by atoms with Crippen LogP contribution in [0.4, 0.5) is 0 Å². The SMILES string of the molecule is c1ccc(-c2nc(-c3cccc4sc5ccccc5c34)nc(-c3cc4c(c5oc6ccccc6c35)-c3cccc5cccc-4c35)n2)cc1. The summed E-state index contributed by atoms with van der Waals surface area (Å²) in [5.74, 6) is 1.91. The maximum atomic E-state index is 6.78. The summed E-state index contributed by atoms with van der Waals surface area (Å²) in [5.41, 5.74) is 9.25. The Balaban J connectivity index is 1.27. The highest BCUT2D eigenvalue weighted by atomic mass is 32.1. The van der Waals surface area contributed by atoms with Crippen LogP contribution in [0.5, 0.6) is 0 Å². The van der Waals surface area contributed by atoms with Crippen LogP contribution >= 0.6 is 11.3 Å².